The Labute approximate surface area is 127 Å². The maximum absolute atomic E-state index is 12.8. The Morgan fingerprint density at radius 2 is 1.62 bits per heavy atom. The molecule has 1 saturated carbocycles. The smallest absolute Gasteiger partial charge is 0.283 e. The lowest BCUT2D eigenvalue weighted by molar-refractivity contribution is -0.923. The van der Waals surface area contributed by atoms with Crippen molar-refractivity contribution in [3.63, 3.8) is 0 Å². The van der Waals surface area contributed by atoms with E-state index in [2.05, 4.69) is 29.6 Å². The summed E-state index contributed by atoms with van der Waals surface area (Å²) in [6.07, 6.45) is 8.79. The van der Waals surface area contributed by atoms with Crippen LogP contribution in [-0.4, -0.2) is 25.0 Å². The maximum atomic E-state index is 12.8. The predicted octanol–water partition coefficient (Wildman–Crippen LogP) is 1.86. The topological polar surface area (TPSA) is 33.5 Å². The largest absolute Gasteiger partial charge is 0.348 e. The van der Waals surface area contributed by atoms with E-state index in [1.54, 1.807) is 0 Å². The van der Waals surface area contributed by atoms with Gasteiger partial charge < -0.3 is 10.2 Å². The summed E-state index contributed by atoms with van der Waals surface area (Å²) in [7, 11) is 0. The van der Waals surface area contributed by atoms with E-state index in [0.29, 0.717) is 6.04 Å². The van der Waals surface area contributed by atoms with Crippen LogP contribution >= 0.6 is 0 Å². The fourth-order valence-corrected chi connectivity index (χ4v) is 3.38. The maximum Gasteiger partial charge on any atom is 0.283 e. The van der Waals surface area contributed by atoms with Gasteiger partial charge in [0.1, 0.15) is 0 Å². The van der Waals surface area contributed by atoms with Crippen LogP contribution in [0.15, 0.2) is 30.3 Å². The molecule has 1 aromatic carbocycles. The standard InChI is InChI=1S/C18H26N2O/c21-18(19-16-11-12-16)17(15-9-5-4-6-10-15)20-13-7-2-1-3-8-14-20/h4-6,9-10,16-17H,1-3,7-8,11-14H2,(H,19,21)/p+1/t17-/m0/s1. The zero-order valence-electron chi connectivity index (χ0n) is 12.8. The van der Waals surface area contributed by atoms with Crippen LogP contribution in [0, 0.1) is 0 Å². The molecule has 1 aliphatic carbocycles. The minimum absolute atomic E-state index is 0.0232. The van der Waals surface area contributed by atoms with E-state index >= 15 is 0 Å². The second-order valence-corrected chi connectivity index (χ2v) is 6.55. The van der Waals surface area contributed by atoms with Gasteiger partial charge in [-0.3, -0.25) is 4.79 Å². The summed E-state index contributed by atoms with van der Waals surface area (Å²) in [6, 6.07) is 10.8. The van der Waals surface area contributed by atoms with Gasteiger partial charge in [-0.2, -0.15) is 0 Å². The van der Waals surface area contributed by atoms with Crippen LogP contribution in [0.1, 0.15) is 56.6 Å². The van der Waals surface area contributed by atoms with Crippen molar-refractivity contribution >= 4 is 5.91 Å². The first-order valence-corrected chi connectivity index (χ1v) is 8.54. The van der Waals surface area contributed by atoms with Crippen molar-refractivity contribution in [2.75, 3.05) is 13.1 Å². The van der Waals surface area contributed by atoms with Crippen molar-refractivity contribution in [3.8, 4) is 0 Å². The predicted molar refractivity (Wildman–Crippen MR) is 84.1 cm³/mol. The van der Waals surface area contributed by atoms with E-state index in [9.17, 15) is 4.79 Å². The van der Waals surface area contributed by atoms with Crippen molar-refractivity contribution < 1.29 is 9.69 Å². The molecule has 2 aliphatic rings. The van der Waals surface area contributed by atoms with E-state index in [4.69, 9.17) is 0 Å². The Morgan fingerprint density at radius 1 is 1.00 bits per heavy atom. The summed E-state index contributed by atoms with van der Waals surface area (Å²) in [5.41, 5.74) is 1.17. The van der Waals surface area contributed by atoms with Gasteiger partial charge in [-0.25, -0.2) is 0 Å². The molecule has 21 heavy (non-hydrogen) atoms. The highest BCUT2D eigenvalue weighted by Gasteiger charge is 2.34. The molecule has 1 aliphatic heterocycles. The van der Waals surface area contributed by atoms with E-state index < -0.39 is 0 Å². The van der Waals surface area contributed by atoms with Crippen molar-refractivity contribution in [1.29, 1.82) is 0 Å². The van der Waals surface area contributed by atoms with Crippen LogP contribution in [0.3, 0.4) is 0 Å². The number of rotatable bonds is 4. The van der Waals surface area contributed by atoms with Gasteiger partial charge in [-0.1, -0.05) is 36.8 Å². The van der Waals surface area contributed by atoms with Crippen LogP contribution in [0.25, 0.3) is 0 Å². The van der Waals surface area contributed by atoms with Crippen molar-refractivity contribution in [1.82, 2.24) is 5.32 Å². The highest BCUT2D eigenvalue weighted by molar-refractivity contribution is 5.82. The summed E-state index contributed by atoms with van der Waals surface area (Å²) in [5.74, 6) is 0.235. The van der Waals surface area contributed by atoms with Crippen LogP contribution in [-0.2, 0) is 4.79 Å². The van der Waals surface area contributed by atoms with Crippen LogP contribution in [0.2, 0.25) is 0 Å². The summed E-state index contributed by atoms with van der Waals surface area (Å²) < 4.78 is 0. The quantitative estimate of drug-likeness (QED) is 0.871. The highest BCUT2D eigenvalue weighted by atomic mass is 16.2. The highest BCUT2D eigenvalue weighted by Crippen LogP contribution is 2.20. The summed E-state index contributed by atoms with van der Waals surface area (Å²) in [6.45, 7) is 2.25. The molecule has 0 bridgehead atoms. The fraction of sp³-hybridized carbons (Fsp3) is 0.611. The normalized spacial score (nSPS) is 22.1. The van der Waals surface area contributed by atoms with Crippen molar-refractivity contribution in [2.24, 2.45) is 0 Å². The molecule has 3 rings (SSSR count). The zero-order valence-corrected chi connectivity index (χ0v) is 12.8. The summed E-state index contributed by atoms with van der Waals surface area (Å²) >= 11 is 0. The lowest BCUT2D eigenvalue weighted by Gasteiger charge is -2.29. The molecule has 0 unspecified atom stereocenters. The molecule has 1 amide bonds. The molecule has 1 aromatic rings. The van der Waals surface area contributed by atoms with Gasteiger partial charge in [0.15, 0.2) is 6.04 Å². The summed E-state index contributed by atoms with van der Waals surface area (Å²) in [4.78, 5) is 14.2. The van der Waals surface area contributed by atoms with E-state index in [1.165, 1.54) is 42.6 Å². The molecule has 0 spiro atoms. The molecule has 3 nitrogen and oxygen atoms in total. The molecule has 3 heteroatoms. The second-order valence-electron chi connectivity index (χ2n) is 6.55. The minimum Gasteiger partial charge on any atom is -0.348 e. The third-order valence-corrected chi connectivity index (χ3v) is 4.72. The monoisotopic (exact) mass is 287 g/mol. The number of hydrogen-bond acceptors (Lipinski definition) is 1. The Bertz CT molecular complexity index is 448. The van der Waals surface area contributed by atoms with E-state index in [0.717, 1.165) is 25.9 Å². The van der Waals surface area contributed by atoms with Gasteiger partial charge in [-0.15, -0.1) is 0 Å². The number of nitrogens with one attached hydrogen (secondary N) is 2. The second kappa shape index (κ2) is 7.08. The molecule has 1 atom stereocenters. The molecular weight excluding hydrogens is 260 g/mol. The SMILES string of the molecule is O=C(NC1CC1)[C@H](c1ccccc1)[NH+]1CCCCCCC1. The van der Waals surface area contributed by atoms with E-state index in [-0.39, 0.29) is 11.9 Å². The first kappa shape index (κ1) is 14.6. The first-order valence-electron chi connectivity index (χ1n) is 8.54. The molecule has 1 saturated heterocycles. The number of likely N-dealkylation sites (tertiary alicyclic amines) is 1. The summed E-state index contributed by atoms with van der Waals surface area (Å²) in [5, 5.41) is 3.23. The Hall–Kier alpha value is -1.35. The number of quaternary nitrogens is 1. The fourth-order valence-electron chi connectivity index (χ4n) is 3.38. The van der Waals surface area contributed by atoms with Crippen LogP contribution < -0.4 is 10.2 Å². The lowest BCUT2D eigenvalue weighted by Crippen LogP contribution is -3.13. The first-order chi connectivity index (χ1) is 10.3. The Morgan fingerprint density at radius 3 is 2.24 bits per heavy atom. The molecule has 2 fully saturated rings. The number of hydrogen-bond donors (Lipinski definition) is 2. The van der Waals surface area contributed by atoms with Crippen LogP contribution in [0.5, 0.6) is 0 Å². The van der Waals surface area contributed by atoms with Gasteiger partial charge in [0.25, 0.3) is 5.91 Å². The Kier molecular flexibility index (Phi) is 4.91. The third-order valence-electron chi connectivity index (χ3n) is 4.72. The molecular formula is C18H27N2O+. The van der Waals surface area contributed by atoms with Crippen molar-refractivity contribution in [3.05, 3.63) is 35.9 Å². The number of carbonyl (C=O) groups is 1. The van der Waals surface area contributed by atoms with Gasteiger partial charge in [0.05, 0.1) is 13.1 Å². The molecule has 0 radical (unpaired) electrons. The number of carbonyl (C=O) groups excluding carboxylic acids is 1. The number of amides is 1. The molecule has 1 heterocycles. The van der Waals surface area contributed by atoms with Gasteiger partial charge in [0, 0.05) is 11.6 Å². The minimum atomic E-state index is -0.0232. The average molecular weight is 287 g/mol. The van der Waals surface area contributed by atoms with Gasteiger partial charge in [-0.05, 0) is 38.5 Å². The molecule has 2 N–H and O–H groups in total. The van der Waals surface area contributed by atoms with Crippen LogP contribution in [0.4, 0.5) is 0 Å². The lowest BCUT2D eigenvalue weighted by atomic mass is 10.0. The van der Waals surface area contributed by atoms with Crippen molar-refractivity contribution in [2.45, 2.75) is 57.0 Å². The molecule has 0 aromatic heterocycles. The van der Waals surface area contributed by atoms with Gasteiger partial charge in [0.2, 0.25) is 0 Å². The average Bonchev–Trinajstić information content (AvgIpc) is 3.26. The van der Waals surface area contributed by atoms with E-state index in [1.807, 2.05) is 6.07 Å². The van der Waals surface area contributed by atoms with Gasteiger partial charge >= 0.3 is 0 Å². The molecule has 114 valence electrons. The number of benzene rings is 1. The Balaban J connectivity index is 1.77. The zero-order chi connectivity index (χ0) is 14.5. The third kappa shape index (κ3) is 4.07.